The first-order valence-corrected chi connectivity index (χ1v) is 6.52. The van der Waals surface area contributed by atoms with Gasteiger partial charge >= 0.3 is 5.97 Å². The highest BCUT2D eigenvalue weighted by Crippen LogP contribution is 2.27. The van der Waals surface area contributed by atoms with Crippen molar-refractivity contribution in [1.82, 2.24) is 0 Å². The first kappa shape index (κ1) is 14.7. The molecule has 0 heterocycles. The number of rotatable bonds is 6. The number of hydrogen-bond donors (Lipinski definition) is 1. The normalized spacial score (nSPS) is 15.8. The topological polar surface area (TPSA) is 46.5 Å². The van der Waals surface area contributed by atoms with Gasteiger partial charge in [-0.25, -0.2) is 0 Å². The van der Waals surface area contributed by atoms with Gasteiger partial charge in [0.2, 0.25) is 0 Å². The predicted molar refractivity (Wildman–Crippen MR) is 71.0 cm³/mol. The quantitative estimate of drug-likeness (QED) is 0.789. The molecule has 1 aromatic carbocycles. The molecule has 0 saturated heterocycles. The third-order valence-corrected chi connectivity index (χ3v) is 3.20. The highest BCUT2D eigenvalue weighted by Gasteiger charge is 2.26. The lowest BCUT2D eigenvalue weighted by Crippen LogP contribution is -2.28. The van der Waals surface area contributed by atoms with Gasteiger partial charge < -0.3 is 9.84 Å². The second-order valence-corrected chi connectivity index (χ2v) is 4.50. The molecule has 0 aliphatic carbocycles. The molecule has 18 heavy (non-hydrogen) atoms. The van der Waals surface area contributed by atoms with Crippen LogP contribution in [0.2, 0.25) is 0 Å². The number of benzene rings is 1. The maximum atomic E-state index is 11.3. The van der Waals surface area contributed by atoms with Crippen molar-refractivity contribution in [1.29, 1.82) is 0 Å². The average Bonchev–Trinajstić information content (AvgIpc) is 2.43. The van der Waals surface area contributed by atoms with Crippen LogP contribution in [0.3, 0.4) is 0 Å². The van der Waals surface area contributed by atoms with Crippen LogP contribution in [0.5, 0.6) is 0 Å². The summed E-state index contributed by atoms with van der Waals surface area (Å²) in [6, 6.07) is 9.47. The predicted octanol–water partition coefficient (Wildman–Crippen LogP) is 3.09. The fourth-order valence-electron chi connectivity index (χ4n) is 1.97. The molecule has 0 aliphatic heterocycles. The Labute approximate surface area is 109 Å². The van der Waals surface area contributed by atoms with Crippen LogP contribution in [-0.2, 0) is 9.53 Å². The minimum atomic E-state index is -0.610. The molecule has 1 aromatic rings. The molecular weight excluding hydrogens is 228 g/mol. The van der Waals surface area contributed by atoms with Crippen LogP contribution in [0, 0.1) is 5.92 Å². The minimum Gasteiger partial charge on any atom is -0.462 e. The third-order valence-electron chi connectivity index (χ3n) is 3.20. The molecule has 0 amide bonds. The Morgan fingerprint density at radius 3 is 2.39 bits per heavy atom. The van der Waals surface area contributed by atoms with Crippen molar-refractivity contribution >= 4 is 5.97 Å². The largest absolute Gasteiger partial charge is 0.462 e. The zero-order valence-corrected chi connectivity index (χ0v) is 11.3. The Morgan fingerprint density at radius 2 is 1.89 bits per heavy atom. The van der Waals surface area contributed by atoms with E-state index in [1.807, 2.05) is 44.2 Å². The first-order chi connectivity index (χ1) is 8.60. The molecule has 0 aromatic heterocycles. The standard InChI is InChI=1S/C15H22O3/c1-4-13(18-14(16)5-2)11(3)15(17)12-9-7-6-8-10-12/h6-11,13,15,17H,4-5H2,1-3H3/t11-,13-,15+/m1/s1. The van der Waals surface area contributed by atoms with Crippen molar-refractivity contribution in [3.63, 3.8) is 0 Å². The molecule has 0 spiro atoms. The van der Waals surface area contributed by atoms with Crippen molar-refractivity contribution in [3.05, 3.63) is 35.9 Å². The third kappa shape index (κ3) is 3.84. The van der Waals surface area contributed by atoms with Crippen molar-refractivity contribution < 1.29 is 14.6 Å². The van der Waals surface area contributed by atoms with Crippen molar-refractivity contribution in [3.8, 4) is 0 Å². The highest BCUT2D eigenvalue weighted by molar-refractivity contribution is 5.69. The molecule has 3 atom stereocenters. The van der Waals surface area contributed by atoms with Crippen LogP contribution < -0.4 is 0 Å². The summed E-state index contributed by atoms with van der Waals surface area (Å²) < 4.78 is 5.35. The van der Waals surface area contributed by atoms with Gasteiger partial charge in [-0.15, -0.1) is 0 Å². The molecular formula is C15H22O3. The Kier molecular flexibility index (Phi) is 5.86. The Morgan fingerprint density at radius 1 is 1.28 bits per heavy atom. The van der Waals surface area contributed by atoms with Crippen LogP contribution in [0.15, 0.2) is 30.3 Å². The van der Waals surface area contributed by atoms with Gasteiger partial charge in [0.1, 0.15) is 6.10 Å². The highest BCUT2D eigenvalue weighted by atomic mass is 16.5. The van der Waals surface area contributed by atoms with Crippen LogP contribution in [0.4, 0.5) is 0 Å². The number of carbonyl (C=O) groups is 1. The molecule has 100 valence electrons. The van der Waals surface area contributed by atoms with Gasteiger partial charge in [-0.3, -0.25) is 4.79 Å². The summed E-state index contributed by atoms with van der Waals surface area (Å²) in [7, 11) is 0. The summed E-state index contributed by atoms with van der Waals surface area (Å²) in [6.07, 6.45) is 0.218. The molecule has 3 heteroatoms. The van der Waals surface area contributed by atoms with Crippen LogP contribution >= 0.6 is 0 Å². The van der Waals surface area contributed by atoms with Crippen LogP contribution in [0.25, 0.3) is 0 Å². The van der Waals surface area contributed by atoms with E-state index in [1.165, 1.54) is 0 Å². The van der Waals surface area contributed by atoms with E-state index in [1.54, 1.807) is 6.92 Å². The maximum absolute atomic E-state index is 11.3. The summed E-state index contributed by atoms with van der Waals surface area (Å²) in [5, 5.41) is 10.3. The van der Waals surface area contributed by atoms with Gasteiger partial charge in [0.05, 0.1) is 6.10 Å². The van der Waals surface area contributed by atoms with E-state index in [2.05, 4.69) is 0 Å². The van der Waals surface area contributed by atoms with E-state index in [0.29, 0.717) is 12.8 Å². The van der Waals surface area contributed by atoms with Gasteiger partial charge in [-0.05, 0) is 12.0 Å². The maximum Gasteiger partial charge on any atom is 0.305 e. The second-order valence-electron chi connectivity index (χ2n) is 4.50. The smallest absolute Gasteiger partial charge is 0.305 e. The summed E-state index contributed by atoms with van der Waals surface area (Å²) in [5.41, 5.74) is 0.857. The molecule has 0 unspecified atom stereocenters. The fraction of sp³-hybridized carbons (Fsp3) is 0.533. The zero-order chi connectivity index (χ0) is 13.5. The lowest BCUT2D eigenvalue weighted by molar-refractivity contribution is -0.153. The van der Waals surface area contributed by atoms with Gasteiger partial charge in [0.25, 0.3) is 0 Å². The summed E-state index contributed by atoms with van der Waals surface area (Å²) in [4.78, 5) is 11.3. The molecule has 0 bridgehead atoms. The summed E-state index contributed by atoms with van der Waals surface area (Å²) >= 11 is 0. The Balaban J connectivity index is 2.71. The number of esters is 1. The van der Waals surface area contributed by atoms with Crippen LogP contribution in [0.1, 0.15) is 45.3 Å². The number of ether oxygens (including phenoxy) is 1. The number of aliphatic hydroxyl groups is 1. The van der Waals surface area contributed by atoms with Gasteiger partial charge in [-0.1, -0.05) is 51.1 Å². The monoisotopic (exact) mass is 250 g/mol. The number of carbonyl (C=O) groups excluding carboxylic acids is 1. The van der Waals surface area contributed by atoms with E-state index in [9.17, 15) is 9.90 Å². The average molecular weight is 250 g/mol. The van der Waals surface area contributed by atoms with E-state index in [4.69, 9.17) is 4.74 Å². The van der Waals surface area contributed by atoms with E-state index in [-0.39, 0.29) is 18.0 Å². The SMILES string of the molecule is CCC(=O)O[C@H](CC)[C@@H](C)[C@H](O)c1ccccc1. The van der Waals surface area contributed by atoms with Crippen molar-refractivity contribution in [2.45, 2.75) is 45.8 Å². The zero-order valence-electron chi connectivity index (χ0n) is 11.3. The fourth-order valence-corrected chi connectivity index (χ4v) is 1.97. The summed E-state index contributed by atoms with van der Waals surface area (Å²) in [6.45, 7) is 5.64. The summed E-state index contributed by atoms with van der Waals surface area (Å²) in [5.74, 6) is -0.332. The first-order valence-electron chi connectivity index (χ1n) is 6.52. The van der Waals surface area contributed by atoms with Gasteiger partial charge in [-0.2, -0.15) is 0 Å². The van der Waals surface area contributed by atoms with E-state index >= 15 is 0 Å². The molecule has 1 rings (SSSR count). The van der Waals surface area contributed by atoms with Gasteiger partial charge in [0.15, 0.2) is 0 Å². The molecule has 0 aliphatic rings. The lowest BCUT2D eigenvalue weighted by atomic mass is 9.91. The Hall–Kier alpha value is -1.35. The molecule has 0 fully saturated rings. The van der Waals surface area contributed by atoms with E-state index in [0.717, 1.165) is 5.56 Å². The van der Waals surface area contributed by atoms with Crippen LogP contribution in [-0.4, -0.2) is 17.2 Å². The Bertz CT molecular complexity index is 361. The molecule has 3 nitrogen and oxygen atoms in total. The van der Waals surface area contributed by atoms with E-state index < -0.39 is 6.10 Å². The molecule has 0 saturated carbocycles. The van der Waals surface area contributed by atoms with Gasteiger partial charge in [0, 0.05) is 12.3 Å². The minimum absolute atomic E-state index is 0.118. The molecule has 0 radical (unpaired) electrons. The van der Waals surface area contributed by atoms with Crippen molar-refractivity contribution in [2.75, 3.05) is 0 Å². The number of aliphatic hydroxyl groups excluding tert-OH is 1. The lowest BCUT2D eigenvalue weighted by Gasteiger charge is -2.27. The van der Waals surface area contributed by atoms with Crippen molar-refractivity contribution in [2.24, 2.45) is 5.92 Å². The number of hydrogen-bond acceptors (Lipinski definition) is 3. The molecule has 1 N–H and O–H groups in total. The second kappa shape index (κ2) is 7.17.